The minimum Gasteiger partial charge on any atom is -0.349 e. The lowest BCUT2D eigenvalue weighted by Crippen LogP contribution is -2.52. The van der Waals surface area contributed by atoms with Crippen LogP contribution in [0.2, 0.25) is 0 Å². The van der Waals surface area contributed by atoms with E-state index in [1.54, 1.807) is 6.20 Å². The predicted molar refractivity (Wildman–Crippen MR) is 90.7 cm³/mol. The zero-order chi connectivity index (χ0) is 16.2. The fourth-order valence-corrected chi connectivity index (χ4v) is 3.02. The van der Waals surface area contributed by atoms with Crippen LogP contribution in [0.5, 0.6) is 0 Å². The number of aromatic nitrogens is 2. The quantitative estimate of drug-likeness (QED) is 0.897. The monoisotopic (exact) mass is 315 g/mol. The van der Waals surface area contributed by atoms with Gasteiger partial charge < -0.3 is 14.6 Å². The number of nitrogens with one attached hydrogen (secondary N) is 1. The topological polar surface area (TPSA) is 52.9 Å². The van der Waals surface area contributed by atoms with Gasteiger partial charge in [-0.05, 0) is 25.6 Å². The van der Waals surface area contributed by atoms with Gasteiger partial charge in [-0.25, -0.2) is 4.98 Å². The Morgan fingerprint density at radius 3 is 2.78 bits per heavy atom. The summed E-state index contributed by atoms with van der Waals surface area (Å²) in [6.45, 7) is 10.5. The van der Waals surface area contributed by atoms with E-state index in [1.807, 2.05) is 28.8 Å². The number of piperazine rings is 1. The first kappa shape index (κ1) is 16.0. The van der Waals surface area contributed by atoms with Crippen LogP contribution in [-0.4, -0.2) is 70.4 Å². The summed E-state index contributed by atoms with van der Waals surface area (Å²) in [6, 6.07) is 6.08. The molecule has 1 atom stereocenters. The van der Waals surface area contributed by atoms with Gasteiger partial charge in [0.2, 0.25) is 0 Å². The third kappa shape index (κ3) is 3.71. The Bertz CT molecular complexity index is 627. The number of rotatable bonds is 5. The van der Waals surface area contributed by atoms with Gasteiger partial charge in [-0.1, -0.05) is 13.0 Å². The molecule has 1 aliphatic rings. The minimum absolute atomic E-state index is 0.104. The molecule has 0 unspecified atom stereocenters. The van der Waals surface area contributed by atoms with Crippen molar-refractivity contribution < 1.29 is 4.79 Å². The number of fused-ring (bicyclic) bond motifs is 1. The van der Waals surface area contributed by atoms with Crippen LogP contribution in [0, 0.1) is 0 Å². The van der Waals surface area contributed by atoms with Crippen LogP contribution < -0.4 is 5.32 Å². The summed E-state index contributed by atoms with van der Waals surface area (Å²) in [5, 5.41) is 3.01. The molecular formula is C17H25N5O. The molecule has 0 aromatic carbocycles. The van der Waals surface area contributed by atoms with Crippen LogP contribution >= 0.6 is 0 Å². The molecule has 0 radical (unpaired) electrons. The number of likely N-dealkylation sites (N-methyl/N-ethyl adjacent to an activating group) is 1. The Kier molecular flexibility index (Phi) is 4.93. The Balaban J connectivity index is 1.52. The number of amides is 1. The van der Waals surface area contributed by atoms with E-state index < -0.39 is 0 Å². The van der Waals surface area contributed by atoms with Crippen molar-refractivity contribution >= 4 is 11.6 Å². The standard InChI is InChI=1S/C17H25N5O/c1-3-20-8-10-21(11-9-20)14(2)12-18-17(23)15-13-22-7-5-4-6-16(22)19-15/h4-7,13-14H,3,8-12H2,1-2H3,(H,18,23)/t14-/m0/s1. The van der Waals surface area contributed by atoms with Crippen LogP contribution in [0.25, 0.3) is 5.65 Å². The smallest absolute Gasteiger partial charge is 0.271 e. The Labute approximate surface area is 137 Å². The predicted octanol–water partition coefficient (Wildman–Crippen LogP) is 1.09. The average molecular weight is 315 g/mol. The van der Waals surface area contributed by atoms with E-state index in [0.29, 0.717) is 18.3 Å². The second-order valence-electron chi connectivity index (χ2n) is 6.12. The summed E-state index contributed by atoms with van der Waals surface area (Å²) in [5.74, 6) is -0.104. The highest BCUT2D eigenvalue weighted by molar-refractivity contribution is 5.92. The van der Waals surface area contributed by atoms with E-state index in [4.69, 9.17) is 0 Å². The molecule has 0 spiro atoms. The zero-order valence-electron chi connectivity index (χ0n) is 13.9. The lowest BCUT2D eigenvalue weighted by molar-refractivity contribution is 0.0879. The third-order valence-corrected chi connectivity index (χ3v) is 4.63. The lowest BCUT2D eigenvalue weighted by atomic mass is 10.2. The van der Waals surface area contributed by atoms with Crippen LogP contribution in [0.1, 0.15) is 24.3 Å². The van der Waals surface area contributed by atoms with Crippen LogP contribution in [0.15, 0.2) is 30.6 Å². The first-order valence-electron chi connectivity index (χ1n) is 8.35. The molecule has 2 aromatic rings. The van der Waals surface area contributed by atoms with Crippen LogP contribution in [-0.2, 0) is 0 Å². The van der Waals surface area contributed by atoms with Gasteiger partial charge in [-0.3, -0.25) is 9.69 Å². The number of hydrogen-bond acceptors (Lipinski definition) is 4. The first-order valence-corrected chi connectivity index (χ1v) is 8.35. The van der Waals surface area contributed by atoms with Gasteiger partial charge in [-0.15, -0.1) is 0 Å². The molecule has 3 heterocycles. The highest BCUT2D eigenvalue weighted by Gasteiger charge is 2.21. The zero-order valence-corrected chi connectivity index (χ0v) is 13.9. The van der Waals surface area contributed by atoms with Crippen molar-refractivity contribution in [2.24, 2.45) is 0 Å². The number of hydrogen-bond donors (Lipinski definition) is 1. The molecule has 124 valence electrons. The summed E-state index contributed by atoms with van der Waals surface area (Å²) in [4.78, 5) is 21.5. The van der Waals surface area contributed by atoms with E-state index in [-0.39, 0.29) is 5.91 Å². The molecular weight excluding hydrogens is 290 g/mol. The van der Waals surface area contributed by atoms with Crippen molar-refractivity contribution in [1.82, 2.24) is 24.5 Å². The van der Waals surface area contributed by atoms with Crippen molar-refractivity contribution in [2.75, 3.05) is 39.3 Å². The molecule has 2 aromatic heterocycles. The number of carbonyl (C=O) groups is 1. The van der Waals surface area contributed by atoms with Crippen LogP contribution in [0.3, 0.4) is 0 Å². The van der Waals surface area contributed by atoms with Crippen molar-refractivity contribution in [3.05, 3.63) is 36.3 Å². The summed E-state index contributed by atoms with van der Waals surface area (Å²) in [7, 11) is 0. The number of nitrogens with zero attached hydrogens (tertiary/aromatic N) is 4. The summed E-state index contributed by atoms with van der Waals surface area (Å²) >= 11 is 0. The summed E-state index contributed by atoms with van der Waals surface area (Å²) < 4.78 is 1.86. The molecule has 0 aliphatic carbocycles. The highest BCUT2D eigenvalue weighted by Crippen LogP contribution is 2.07. The molecule has 0 bridgehead atoms. The molecule has 0 saturated carbocycles. The fourth-order valence-electron chi connectivity index (χ4n) is 3.02. The van der Waals surface area contributed by atoms with Gasteiger partial charge in [0, 0.05) is 51.2 Å². The Morgan fingerprint density at radius 1 is 1.30 bits per heavy atom. The average Bonchev–Trinajstić information content (AvgIpc) is 3.03. The Morgan fingerprint density at radius 2 is 2.09 bits per heavy atom. The fraction of sp³-hybridized carbons (Fsp3) is 0.529. The van der Waals surface area contributed by atoms with E-state index >= 15 is 0 Å². The lowest BCUT2D eigenvalue weighted by Gasteiger charge is -2.37. The summed E-state index contributed by atoms with van der Waals surface area (Å²) in [6.07, 6.45) is 3.67. The van der Waals surface area contributed by atoms with Crippen molar-refractivity contribution in [2.45, 2.75) is 19.9 Å². The van der Waals surface area contributed by atoms with E-state index in [0.717, 1.165) is 38.4 Å². The van der Waals surface area contributed by atoms with Gasteiger partial charge in [0.25, 0.3) is 5.91 Å². The second kappa shape index (κ2) is 7.10. The Hall–Kier alpha value is -1.92. The normalized spacial score (nSPS) is 18.2. The van der Waals surface area contributed by atoms with E-state index in [9.17, 15) is 4.79 Å². The maximum Gasteiger partial charge on any atom is 0.271 e. The molecule has 1 saturated heterocycles. The molecule has 3 rings (SSSR count). The third-order valence-electron chi connectivity index (χ3n) is 4.63. The largest absolute Gasteiger partial charge is 0.349 e. The van der Waals surface area contributed by atoms with Gasteiger partial charge in [-0.2, -0.15) is 0 Å². The molecule has 6 nitrogen and oxygen atoms in total. The maximum atomic E-state index is 12.3. The van der Waals surface area contributed by atoms with Crippen molar-refractivity contribution in [3.63, 3.8) is 0 Å². The van der Waals surface area contributed by atoms with Gasteiger partial charge in [0.15, 0.2) is 0 Å². The molecule has 1 N–H and O–H groups in total. The number of carbonyl (C=O) groups excluding carboxylic acids is 1. The SMILES string of the molecule is CCN1CCN([C@@H](C)CNC(=O)c2cn3ccccc3n2)CC1. The molecule has 1 amide bonds. The molecule has 1 aliphatic heterocycles. The molecule has 1 fully saturated rings. The first-order chi connectivity index (χ1) is 11.2. The number of imidazole rings is 1. The second-order valence-corrected chi connectivity index (χ2v) is 6.12. The molecule has 23 heavy (non-hydrogen) atoms. The minimum atomic E-state index is -0.104. The van der Waals surface area contributed by atoms with Crippen LogP contribution in [0.4, 0.5) is 0 Å². The van der Waals surface area contributed by atoms with Gasteiger partial charge >= 0.3 is 0 Å². The van der Waals surface area contributed by atoms with Gasteiger partial charge in [0.05, 0.1) is 0 Å². The van der Waals surface area contributed by atoms with Crippen molar-refractivity contribution in [1.29, 1.82) is 0 Å². The maximum absolute atomic E-state index is 12.3. The number of pyridine rings is 1. The highest BCUT2D eigenvalue weighted by atomic mass is 16.1. The van der Waals surface area contributed by atoms with E-state index in [2.05, 4.69) is 33.9 Å². The van der Waals surface area contributed by atoms with Gasteiger partial charge in [0.1, 0.15) is 11.3 Å². The summed E-state index contributed by atoms with van der Waals surface area (Å²) in [5.41, 5.74) is 1.26. The van der Waals surface area contributed by atoms with Crippen molar-refractivity contribution in [3.8, 4) is 0 Å². The van der Waals surface area contributed by atoms with E-state index in [1.165, 1.54) is 0 Å². The molecule has 6 heteroatoms.